The highest BCUT2D eigenvalue weighted by Gasteiger charge is 2.38. The second-order valence-electron chi connectivity index (χ2n) is 8.77. The van der Waals surface area contributed by atoms with Crippen molar-refractivity contribution in [2.45, 2.75) is 44.8 Å². The lowest BCUT2D eigenvalue weighted by Crippen LogP contribution is -2.44. The molecule has 0 atom stereocenters. The fraction of sp³-hybridized carbons (Fsp3) is 0.417. The molecule has 1 amide bonds. The zero-order chi connectivity index (χ0) is 28.0. The molecule has 0 unspecified atom stereocenters. The van der Waals surface area contributed by atoms with Crippen molar-refractivity contribution in [2.75, 3.05) is 35.8 Å². The lowest BCUT2D eigenvalue weighted by Gasteiger charge is -2.31. The highest BCUT2D eigenvalue weighted by molar-refractivity contribution is 7.92. The molecule has 3 rings (SSSR count). The van der Waals surface area contributed by atoms with Crippen LogP contribution < -0.4 is 20.3 Å². The third kappa shape index (κ3) is 8.64. The number of benzene rings is 2. The molecule has 1 heterocycles. The van der Waals surface area contributed by atoms with Gasteiger partial charge in [-0.05, 0) is 63.1 Å². The summed E-state index contributed by atoms with van der Waals surface area (Å²) in [5.74, 6) is -2.97. The van der Waals surface area contributed by atoms with Crippen molar-refractivity contribution in [1.82, 2.24) is 10.6 Å². The van der Waals surface area contributed by atoms with Gasteiger partial charge in [0.15, 0.2) is 0 Å². The van der Waals surface area contributed by atoms with Crippen molar-refractivity contribution in [2.24, 2.45) is 0 Å². The molecule has 0 bridgehead atoms. The smallest absolute Gasteiger partial charge is 0.475 e. The molecule has 0 aliphatic carbocycles. The Labute approximate surface area is 214 Å². The molecule has 204 valence electrons. The van der Waals surface area contributed by atoms with Crippen molar-refractivity contribution in [1.29, 1.82) is 0 Å². The Bertz CT molecular complexity index is 1230. The van der Waals surface area contributed by atoms with Gasteiger partial charge in [0, 0.05) is 43.6 Å². The number of carbonyl (C=O) groups is 2. The van der Waals surface area contributed by atoms with Crippen LogP contribution in [0.4, 0.5) is 24.5 Å². The average molecular weight is 545 g/mol. The van der Waals surface area contributed by atoms with Crippen LogP contribution in [0.5, 0.6) is 0 Å². The summed E-state index contributed by atoms with van der Waals surface area (Å²) in [5.41, 5.74) is 3.18. The molecule has 13 heteroatoms. The summed E-state index contributed by atoms with van der Waals surface area (Å²) in [6.45, 7) is 10.7. The van der Waals surface area contributed by atoms with E-state index in [2.05, 4.69) is 20.3 Å². The molecule has 0 saturated carbocycles. The molecule has 2 aromatic carbocycles. The molecule has 1 aliphatic rings. The number of aryl methyl sites for hydroxylation is 2. The topological polar surface area (TPSA) is 128 Å². The highest BCUT2D eigenvalue weighted by Crippen LogP contribution is 2.27. The Balaban J connectivity index is 0.000000604. The first-order valence-corrected chi connectivity index (χ1v) is 12.9. The molecule has 0 aromatic heterocycles. The first-order chi connectivity index (χ1) is 17.1. The van der Waals surface area contributed by atoms with Gasteiger partial charge in [-0.3, -0.25) is 9.52 Å². The molecular weight excluding hydrogens is 513 g/mol. The number of hydrogen-bond donors (Lipinski definition) is 4. The van der Waals surface area contributed by atoms with Crippen molar-refractivity contribution in [3.05, 3.63) is 53.1 Å². The first-order valence-electron chi connectivity index (χ1n) is 11.4. The molecular formula is C24H31F3N4O5S. The lowest BCUT2D eigenvalue weighted by molar-refractivity contribution is -0.192. The first kappa shape index (κ1) is 29.9. The van der Waals surface area contributed by atoms with Gasteiger partial charge >= 0.3 is 12.1 Å². The number of nitrogens with zero attached hydrogens (tertiary/aromatic N) is 1. The molecule has 9 nitrogen and oxygen atoms in total. The fourth-order valence-corrected chi connectivity index (χ4v) is 4.89. The van der Waals surface area contributed by atoms with Gasteiger partial charge in [-0.1, -0.05) is 12.1 Å². The van der Waals surface area contributed by atoms with Crippen molar-refractivity contribution in [3.63, 3.8) is 0 Å². The van der Waals surface area contributed by atoms with E-state index in [4.69, 9.17) is 9.90 Å². The Morgan fingerprint density at radius 3 is 2.19 bits per heavy atom. The van der Waals surface area contributed by atoms with Gasteiger partial charge < -0.3 is 20.6 Å². The largest absolute Gasteiger partial charge is 0.490 e. The van der Waals surface area contributed by atoms with Crippen LogP contribution in [0.2, 0.25) is 0 Å². The summed E-state index contributed by atoms with van der Waals surface area (Å²) in [6.07, 6.45) is -5.08. The molecule has 1 fully saturated rings. The van der Waals surface area contributed by atoms with E-state index in [1.807, 2.05) is 32.9 Å². The Morgan fingerprint density at radius 2 is 1.65 bits per heavy atom. The summed E-state index contributed by atoms with van der Waals surface area (Å²) in [5, 5.41) is 13.3. The van der Waals surface area contributed by atoms with Crippen LogP contribution in [-0.2, 0) is 14.8 Å². The SMILES string of the molecule is Cc1ccc(C)c(S(=O)(=O)Nc2ccc(N3CCNCC3)c(C(=O)NC(C)C)c2)c1.O=C(O)C(F)(F)F. The number of amides is 1. The summed E-state index contributed by atoms with van der Waals surface area (Å²) < 4.78 is 60.4. The Kier molecular flexibility index (Phi) is 9.93. The number of rotatable bonds is 6. The number of hydrogen-bond acceptors (Lipinski definition) is 6. The average Bonchev–Trinajstić information content (AvgIpc) is 2.80. The highest BCUT2D eigenvalue weighted by atomic mass is 32.2. The van der Waals surface area contributed by atoms with E-state index in [0.29, 0.717) is 16.8 Å². The molecule has 0 spiro atoms. The third-order valence-corrected chi connectivity index (χ3v) is 6.77. The molecule has 1 aliphatic heterocycles. The normalized spacial score (nSPS) is 14.0. The van der Waals surface area contributed by atoms with Gasteiger partial charge in [-0.2, -0.15) is 13.2 Å². The fourth-order valence-electron chi connectivity index (χ4n) is 3.51. The molecule has 37 heavy (non-hydrogen) atoms. The number of halogens is 3. The van der Waals surface area contributed by atoms with Crippen LogP contribution in [0.15, 0.2) is 41.3 Å². The van der Waals surface area contributed by atoms with Crippen LogP contribution in [0.25, 0.3) is 0 Å². The third-order valence-electron chi connectivity index (χ3n) is 5.25. The van der Waals surface area contributed by atoms with E-state index in [1.165, 1.54) is 0 Å². The summed E-state index contributed by atoms with van der Waals surface area (Å²) in [4.78, 5) is 24.2. The van der Waals surface area contributed by atoms with E-state index in [9.17, 15) is 26.4 Å². The Hall–Kier alpha value is -3.32. The van der Waals surface area contributed by atoms with Crippen LogP contribution in [0, 0.1) is 13.8 Å². The second-order valence-corrected chi connectivity index (χ2v) is 10.4. The van der Waals surface area contributed by atoms with Crippen LogP contribution in [0.1, 0.15) is 35.3 Å². The summed E-state index contributed by atoms with van der Waals surface area (Å²) in [6, 6.07) is 10.5. The number of carboxylic acid groups (broad SMARTS) is 1. The lowest BCUT2D eigenvalue weighted by atomic mass is 10.1. The van der Waals surface area contributed by atoms with E-state index >= 15 is 0 Å². The minimum atomic E-state index is -5.08. The van der Waals surface area contributed by atoms with Gasteiger partial charge in [0.05, 0.1) is 10.5 Å². The maximum absolute atomic E-state index is 13.0. The van der Waals surface area contributed by atoms with E-state index in [1.54, 1.807) is 31.2 Å². The number of carboxylic acids is 1. The zero-order valence-electron chi connectivity index (χ0n) is 20.9. The van der Waals surface area contributed by atoms with E-state index < -0.39 is 22.2 Å². The summed E-state index contributed by atoms with van der Waals surface area (Å²) in [7, 11) is -3.78. The predicted octanol–water partition coefficient (Wildman–Crippen LogP) is 3.29. The van der Waals surface area contributed by atoms with Gasteiger partial charge in [0.1, 0.15) is 0 Å². The zero-order valence-corrected chi connectivity index (χ0v) is 21.8. The van der Waals surface area contributed by atoms with E-state index in [-0.39, 0.29) is 16.8 Å². The number of alkyl halides is 3. The maximum Gasteiger partial charge on any atom is 0.490 e. The van der Waals surface area contributed by atoms with Crippen LogP contribution in [0.3, 0.4) is 0 Å². The molecule has 2 aromatic rings. The molecule has 0 radical (unpaired) electrons. The number of anilines is 2. The predicted molar refractivity (Wildman–Crippen MR) is 135 cm³/mol. The minimum absolute atomic E-state index is 0.0244. The maximum atomic E-state index is 13.0. The van der Waals surface area contributed by atoms with E-state index in [0.717, 1.165) is 37.4 Å². The quantitative estimate of drug-likeness (QED) is 0.440. The number of carbonyl (C=O) groups excluding carboxylic acids is 1. The Morgan fingerprint density at radius 1 is 1.05 bits per heavy atom. The monoisotopic (exact) mass is 544 g/mol. The summed E-state index contributed by atoms with van der Waals surface area (Å²) >= 11 is 0. The number of piperazine rings is 1. The molecule has 1 saturated heterocycles. The van der Waals surface area contributed by atoms with Gasteiger partial charge in [0.2, 0.25) is 0 Å². The van der Waals surface area contributed by atoms with Crippen LogP contribution in [-0.4, -0.2) is 63.8 Å². The van der Waals surface area contributed by atoms with Crippen molar-refractivity contribution >= 4 is 33.3 Å². The van der Waals surface area contributed by atoms with Crippen molar-refractivity contribution in [3.8, 4) is 0 Å². The molecule has 4 N–H and O–H groups in total. The van der Waals surface area contributed by atoms with Gasteiger partial charge in [0.25, 0.3) is 15.9 Å². The number of aliphatic carboxylic acids is 1. The second kappa shape index (κ2) is 12.3. The van der Waals surface area contributed by atoms with Crippen molar-refractivity contribution < 1.29 is 36.3 Å². The minimum Gasteiger partial charge on any atom is -0.475 e. The number of nitrogens with one attached hydrogen (secondary N) is 3. The standard InChI is InChI=1S/C22H30N4O3S.C2HF3O2/c1-15(2)24-22(27)19-14-18(7-8-20(19)26-11-9-23-10-12-26)25-30(28,29)21-13-16(3)5-6-17(21)4;3-2(4,5)1(6)7/h5-8,13-15,23,25H,9-12H2,1-4H3,(H,24,27);(H,6,7). The number of sulfonamides is 1. The van der Waals surface area contributed by atoms with Gasteiger partial charge in [-0.15, -0.1) is 0 Å². The van der Waals surface area contributed by atoms with Crippen LogP contribution >= 0.6 is 0 Å². The van der Waals surface area contributed by atoms with Gasteiger partial charge in [-0.25, -0.2) is 13.2 Å².